The molecule has 1 aromatic heterocycles. The van der Waals surface area contributed by atoms with Crippen LogP contribution in [0.2, 0.25) is 0 Å². The van der Waals surface area contributed by atoms with Gasteiger partial charge in [0.25, 0.3) is 0 Å². The molecule has 1 saturated carbocycles. The summed E-state index contributed by atoms with van der Waals surface area (Å²) in [6.07, 6.45) is 9.65. The van der Waals surface area contributed by atoms with E-state index < -0.39 is 0 Å². The SMILES string of the molecule is O=C(N[C@@H](CCN1CCC(c2nc(CC3CCNCC3)no2)CC1)c1ccccc1)C1CCC1. The maximum absolute atomic E-state index is 12.6. The lowest BCUT2D eigenvalue weighted by molar-refractivity contribution is -0.128. The molecule has 7 heteroatoms. The van der Waals surface area contributed by atoms with Gasteiger partial charge in [-0.15, -0.1) is 0 Å². The smallest absolute Gasteiger partial charge is 0.229 e. The summed E-state index contributed by atoms with van der Waals surface area (Å²) in [6, 6.07) is 10.5. The number of amides is 1. The predicted molar refractivity (Wildman–Crippen MR) is 131 cm³/mol. The minimum absolute atomic E-state index is 0.0838. The van der Waals surface area contributed by atoms with E-state index in [0.29, 0.717) is 11.8 Å². The number of hydrogen-bond acceptors (Lipinski definition) is 6. The number of carbonyl (C=O) groups is 1. The maximum Gasteiger partial charge on any atom is 0.229 e. The Morgan fingerprint density at radius 2 is 1.85 bits per heavy atom. The van der Waals surface area contributed by atoms with Crippen LogP contribution in [0.3, 0.4) is 0 Å². The third-order valence-electron chi connectivity index (χ3n) is 8.08. The molecule has 2 aliphatic heterocycles. The Balaban J connectivity index is 1.10. The number of benzene rings is 1. The fraction of sp³-hybridized carbons (Fsp3) is 0.667. The molecule has 0 unspecified atom stereocenters. The van der Waals surface area contributed by atoms with Crippen LogP contribution in [0.25, 0.3) is 0 Å². The Bertz CT molecular complexity index is 899. The van der Waals surface area contributed by atoms with Crippen molar-refractivity contribution in [2.24, 2.45) is 11.8 Å². The van der Waals surface area contributed by atoms with E-state index in [-0.39, 0.29) is 17.9 Å². The van der Waals surface area contributed by atoms with Crippen molar-refractivity contribution in [3.8, 4) is 0 Å². The molecule has 7 nitrogen and oxygen atoms in total. The summed E-state index contributed by atoms with van der Waals surface area (Å²) in [7, 11) is 0. The first-order valence-corrected chi connectivity index (χ1v) is 13.4. The molecule has 1 aliphatic carbocycles. The van der Waals surface area contributed by atoms with Gasteiger partial charge in [-0.25, -0.2) is 0 Å². The highest BCUT2D eigenvalue weighted by Gasteiger charge is 2.29. The van der Waals surface area contributed by atoms with E-state index in [1.54, 1.807) is 0 Å². The zero-order valence-corrected chi connectivity index (χ0v) is 20.3. The second kappa shape index (κ2) is 11.5. The monoisotopic (exact) mass is 465 g/mol. The van der Waals surface area contributed by atoms with Crippen molar-refractivity contribution in [3.05, 3.63) is 47.6 Å². The number of aromatic nitrogens is 2. The number of nitrogens with one attached hydrogen (secondary N) is 2. The van der Waals surface area contributed by atoms with Crippen LogP contribution in [0.5, 0.6) is 0 Å². The Labute approximate surface area is 203 Å². The molecule has 2 N–H and O–H groups in total. The minimum Gasteiger partial charge on any atom is -0.349 e. The summed E-state index contributed by atoms with van der Waals surface area (Å²) < 4.78 is 5.68. The summed E-state index contributed by atoms with van der Waals surface area (Å²) >= 11 is 0. The molecule has 2 saturated heterocycles. The highest BCUT2D eigenvalue weighted by atomic mass is 16.5. The van der Waals surface area contributed by atoms with E-state index in [2.05, 4.69) is 45.0 Å². The predicted octanol–water partition coefficient (Wildman–Crippen LogP) is 3.84. The first-order chi connectivity index (χ1) is 16.7. The molecule has 3 heterocycles. The van der Waals surface area contributed by atoms with Gasteiger partial charge < -0.3 is 20.1 Å². The number of likely N-dealkylation sites (tertiary alicyclic amines) is 1. The van der Waals surface area contributed by atoms with Crippen molar-refractivity contribution in [1.82, 2.24) is 25.7 Å². The van der Waals surface area contributed by atoms with Crippen LogP contribution in [0.15, 0.2) is 34.9 Å². The second-order valence-electron chi connectivity index (χ2n) is 10.5. The first-order valence-electron chi connectivity index (χ1n) is 13.4. The maximum atomic E-state index is 12.6. The molecule has 0 bridgehead atoms. The Morgan fingerprint density at radius 3 is 2.56 bits per heavy atom. The van der Waals surface area contributed by atoms with Crippen molar-refractivity contribution in [3.63, 3.8) is 0 Å². The van der Waals surface area contributed by atoms with Gasteiger partial charge in [0.05, 0.1) is 6.04 Å². The summed E-state index contributed by atoms with van der Waals surface area (Å²) in [6.45, 7) is 5.26. The van der Waals surface area contributed by atoms with E-state index in [9.17, 15) is 4.79 Å². The van der Waals surface area contributed by atoms with E-state index in [0.717, 1.165) is 83.0 Å². The van der Waals surface area contributed by atoms with Crippen LogP contribution < -0.4 is 10.6 Å². The topological polar surface area (TPSA) is 83.3 Å². The van der Waals surface area contributed by atoms with Crippen LogP contribution in [-0.2, 0) is 11.2 Å². The molecular weight excluding hydrogens is 426 g/mol. The van der Waals surface area contributed by atoms with Crippen LogP contribution in [0.1, 0.15) is 80.6 Å². The van der Waals surface area contributed by atoms with Crippen molar-refractivity contribution < 1.29 is 9.32 Å². The summed E-state index contributed by atoms with van der Waals surface area (Å²) in [5.74, 6) is 3.21. The molecule has 3 aliphatic rings. The standard InChI is InChI=1S/C27H39N5O2/c33-26(22-7-4-8-22)29-24(21-5-2-1-3-6-21)13-18-32-16-11-23(12-17-32)27-30-25(31-34-27)19-20-9-14-28-15-10-20/h1-3,5-6,20,22-24,28H,4,7-19H2,(H,29,33)/t24-/m0/s1. The summed E-state index contributed by atoms with van der Waals surface area (Å²) in [4.78, 5) is 19.9. The van der Waals surface area contributed by atoms with Crippen molar-refractivity contribution in [2.45, 2.75) is 69.7 Å². The number of nitrogens with zero attached hydrogens (tertiary/aromatic N) is 3. The normalized spacial score (nSPS) is 21.8. The molecule has 1 aromatic carbocycles. The second-order valence-corrected chi connectivity index (χ2v) is 10.5. The Hall–Kier alpha value is -2.25. The van der Waals surface area contributed by atoms with Gasteiger partial charge in [0.2, 0.25) is 11.8 Å². The van der Waals surface area contributed by atoms with Crippen LogP contribution >= 0.6 is 0 Å². The molecule has 0 radical (unpaired) electrons. The van der Waals surface area contributed by atoms with Crippen molar-refractivity contribution in [1.29, 1.82) is 0 Å². The van der Waals surface area contributed by atoms with Gasteiger partial charge in [-0.05, 0) is 82.6 Å². The van der Waals surface area contributed by atoms with E-state index in [4.69, 9.17) is 9.51 Å². The van der Waals surface area contributed by atoms with Gasteiger partial charge in [0, 0.05) is 24.8 Å². The van der Waals surface area contributed by atoms with Gasteiger partial charge in [0.15, 0.2) is 5.82 Å². The average Bonchev–Trinajstić information content (AvgIpc) is 3.30. The quantitative estimate of drug-likeness (QED) is 0.586. The molecule has 184 valence electrons. The van der Waals surface area contributed by atoms with Gasteiger partial charge >= 0.3 is 0 Å². The number of hydrogen-bond donors (Lipinski definition) is 2. The highest BCUT2D eigenvalue weighted by Crippen LogP contribution is 2.30. The molecule has 3 fully saturated rings. The summed E-state index contributed by atoms with van der Waals surface area (Å²) in [5.41, 5.74) is 1.21. The van der Waals surface area contributed by atoms with E-state index in [1.807, 2.05) is 6.07 Å². The van der Waals surface area contributed by atoms with Gasteiger partial charge in [-0.2, -0.15) is 4.98 Å². The largest absolute Gasteiger partial charge is 0.349 e. The van der Waals surface area contributed by atoms with E-state index >= 15 is 0 Å². The number of piperidine rings is 2. The van der Waals surface area contributed by atoms with Crippen LogP contribution in [0, 0.1) is 11.8 Å². The third-order valence-corrected chi connectivity index (χ3v) is 8.08. The zero-order chi connectivity index (χ0) is 23.2. The number of rotatable bonds is 9. The fourth-order valence-electron chi connectivity index (χ4n) is 5.54. The lowest BCUT2D eigenvalue weighted by Gasteiger charge is -2.32. The summed E-state index contributed by atoms with van der Waals surface area (Å²) in [5, 5.41) is 11.1. The first kappa shape index (κ1) is 23.5. The van der Waals surface area contributed by atoms with Crippen molar-refractivity contribution in [2.75, 3.05) is 32.7 Å². The van der Waals surface area contributed by atoms with Gasteiger partial charge in [0.1, 0.15) is 0 Å². The molecule has 5 rings (SSSR count). The minimum atomic E-state index is 0.0838. The molecule has 1 atom stereocenters. The average molecular weight is 466 g/mol. The van der Waals surface area contributed by atoms with Crippen molar-refractivity contribution >= 4 is 5.91 Å². The lowest BCUT2D eigenvalue weighted by Crippen LogP contribution is -2.39. The fourth-order valence-corrected chi connectivity index (χ4v) is 5.54. The van der Waals surface area contributed by atoms with Gasteiger partial charge in [-0.1, -0.05) is 41.9 Å². The molecule has 34 heavy (non-hydrogen) atoms. The molecular formula is C27H39N5O2. The highest BCUT2D eigenvalue weighted by molar-refractivity contribution is 5.79. The zero-order valence-electron chi connectivity index (χ0n) is 20.3. The lowest BCUT2D eigenvalue weighted by atomic mass is 9.84. The molecule has 2 aromatic rings. The van der Waals surface area contributed by atoms with E-state index in [1.165, 1.54) is 24.8 Å². The van der Waals surface area contributed by atoms with Gasteiger partial charge in [-0.3, -0.25) is 4.79 Å². The third kappa shape index (κ3) is 6.05. The molecule has 1 amide bonds. The Morgan fingerprint density at radius 1 is 1.09 bits per heavy atom. The number of carbonyl (C=O) groups excluding carboxylic acids is 1. The van der Waals surface area contributed by atoms with Crippen LogP contribution in [-0.4, -0.2) is 53.7 Å². The Kier molecular flexibility index (Phi) is 7.91. The van der Waals surface area contributed by atoms with Crippen LogP contribution in [0.4, 0.5) is 0 Å². The molecule has 0 spiro atoms.